The van der Waals surface area contributed by atoms with E-state index in [1.165, 1.54) is 32.4 Å². The number of ether oxygens (including phenoxy) is 3. The van der Waals surface area contributed by atoms with Gasteiger partial charge in [0.05, 0.1) is 14.2 Å². The molecule has 0 unspecified atom stereocenters. The molecule has 3 aromatic rings. The summed E-state index contributed by atoms with van der Waals surface area (Å²) in [6, 6.07) is 10.8. The van der Waals surface area contributed by atoms with Crippen molar-refractivity contribution < 1.29 is 32.7 Å². The number of aryl methyl sites for hydroxylation is 1. The number of esters is 2. The van der Waals surface area contributed by atoms with E-state index in [4.69, 9.17) is 14.0 Å². The Labute approximate surface area is 166 Å². The first-order valence-corrected chi connectivity index (χ1v) is 8.68. The Morgan fingerprint density at radius 3 is 2.69 bits per heavy atom. The third-order valence-electron chi connectivity index (χ3n) is 4.17. The third kappa shape index (κ3) is 4.78. The van der Waals surface area contributed by atoms with Crippen molar-refractivity contribution in [2.75, 3.05) is 14.2 Å². The van der Waals surface area contributed by atoms with Gasteiger partial charge in [-0.3, -0.25) is 4.79 Å². The predicted octanol–water partition coefficient (Wildman–Crippen LogP) is 3.81. The minimum absolute atomic E-state index is 0.00764. The quantitative estimate of drug-likeness (QED) is 0.441. The van der Waals surface area contributed by atoms with E-state index in [1.807, 2.05) is 0 Å². The normalized spacial score (nSPS) is 10.4. The second-order valence-corrected chi connectivity index (χ2v) is 6.04. The highest BCUT2D eigenvalue weighted by Crippen LogP contribution is 2.29. The van der Waals surface area contributed by atoms with Crippen molar-refractivity contribution in [2.45, 2.75) is 12.8 Å². The van der Waals surface area contributed by atoms with Gasteiger partial charge in [0.15, 0.2) is 0 Å². The molecular formula is C21H18FNO6. The molecule has 0 spiro atoms. The lowest BCUT2D eigenvalue weighted by Crippen LogP contribution is -2.09. The minimum Gasteiger partial charge on any atom is -0.497 e. The van der Waals surface area contributed by atoms with Crippen LogP contribution in [0.1, 0.15) is 22.3 Å². The lowest BCUT2D eigenvalue weighted by Gasteiger charge is -2.07. The van der Waals surface area contributed by atoms with Crippen LogP contribution in [-0.4, -0.2) is 31.3 Å². The molecule has 3 rings (SSSR count). The molecular weight excluding hydrogens is 381 g/mol. The predicted molar refractivity (Wildman–Crippen MR) is 100 cm³/mol. The van der Waals surface area contributed by atoms with Gasteiger partial charge in [-0.1, -0.05) is 17.3 Å². The fraction of sp³-hybridized carbons (Fsp3) is 0.190. The van der Waals surface area contributed by atoms with Gasteiger partial charge in [0.25, 0.3) is 0 Å². The first kappa shape index (κ1) is 20.1. The number of aromatic nitrogens is 1. The monoisotopic (exact) mass is 399 g/mol. The van der Waals surface area contributed by atoms with Gasteiger partial charge in [-0.15, -0.1) is 0 Å². The van der Waals surface area contributed by atoms with Gasteiger partial charge in [0, 0.05) is 12.0 Å². The van der Waals surface area contributed by atoms with Crippen LogP contribution in [0, 0.1) is 5.82 Å². The summed E-state index contributed by atoms with van der Waals surface area (Å²) in [6.07, 6.45) is 1.74. The van der Waals surface area contributed by atoms with Crippen molar-refractivity contribution in [1.29, 1.82) is 0 Å². The van der Waals surface area contributed by atoms with E-state index in [0.717, 1.165) is 11.8 Å². The Morgan fingerprint density at radius 1 is 1.10 bits per heavy atom. The largest absolute Gasteiger partial charge is 0.497 e. The van der Waals surface area contributed by atoms with Gasteiger partial charge >= 0.3 is 11.9 Å². The van der Waals surface area contributed by atoms with Gasteiger partial charge in [-0.05, 0) is 42.3 Å². The van der Waals surface area contributed by atoms with E-state index < -0.39 is 11.8 Å². The van der Waals surface area contributed by atoms with Crippen molar-refractivity contribution in [3.05, 3.63) is 65.7 Å². The van der Waals surface area contributed by atoms with Gasteiger partial charge in [0.2, 0.25) is 0 Å². The van der Waals surface area contributed by atoms with Gasteiger partial charge in [0.1, 0.15) is 34.8 Å². The van der Waals surface area contributed by atoms with Crippen LogP contribution in [0.5, 0.6) is 11.5 Å². The topological polar surface area (TPSA) is 87.9 Å². The van der Waals surface area contributed by atoms with E-state index >= 15 is 0 Å². The number of hydrogen-bond donors (Lipinski definition) is 0. The highest BCUT2D eigenvalue weighted by molar-refractivity contribution is 5.97. The van der Waals surface area contributed by atoms with E-state index in [1.54, 1.807) is 24.3 Å². The molecule has 0 aliphatic carbocycles. The molecule has 1 aromatic heterocycles. The van der Waals surface area contributed by atoms with Crippen molar-refractivity contribution in [3.8, 4) is 22.8 Å². The smallest absolute Gasteiger partial charge is 0.349 e. The molecule has 0 bridgehead atoms. The Morgan fingerprint density at radius 2 is 1.93 bits per heavy atom. The number of methoxy groups -OCH3 is 2. The summed E-state index contributed by atoms with van der Waals surface area (Å²) < 4.78 is 34.2. The second-order valence-electron chi connectivity index (χ2n) is 6.04. The molecule has 0 saturated carbocycles. The van der Waals surface area contributed by atoms with Crippen LogP contribution in [0.2, 0.25) is 0 Å². The van der Waals surface area contributed by atoms with Gasteiger partial charge in [-0.25, -0.2) is 9.18 Å². The summed E-state index contributed by atoms with van der Waals surface area (Å²) in [4.78, 5) is 23.9. The van der Waals surface area contributed by atoms with Crippen molar-refractivity contribution >= 4 is 11.9 Å². The zero-order chi connectivity index (χ0) is 20.8. The van der Waals surface area contributed by atoms with E-state index in [0.29, 0.717) is 12.2 Å². The van der Waals surface area contributed by atoms with Crippen molar-refractivity contribution in [1.82, 2.24) is 5.16 Å². The maximum absolute atomic E-state index is 14.2. The van der Waals surface area contributed by atoms with Crippen LogP contribution < -0.4 is 9.47 Å². The Kier molecular flexibility index (Phi) is 6.23. The molecule has 150 valence electrons. The number of carbonyl (C=O) groups is 2. The number of halogens is 1. The molecule has 0 atom stereocenters. The molecule has 8 heteroatoms. The third-order valence-corrected chi connectivity index (χ3v) is 4.17. The fourth-order valence-electron chi connectivity index (χ4n) is 2.66. The number of carbonyl (C=O) groups excluding carboxylic acids is 2. The van der Waals surface area contributed by atoms with Crippen LogP contribution in [0.4, 0.5) is 4.39 Å². The summed E-state index contributed by atoms with van der Waals surface area (Å²) in [5.74, 6) is -0.994. The molecule has 0 N–H and O–H groups in total. The van der Waals surface area contributed by atoms with Gasteiger partial charge < -0.3 is 18.7 Å². The molecule has 0 amide bonds. The summed E-state index contributed by atoms with van der Waals surface area (Å²) in [7, 11) is 2.77. The fourth-order valence-corrected chi connectivity index (χ4v) is 2.66. The van der Waals surface area contributed by atoms with E-state index in [-0.39, 0.29) is 35.0 Å². The molecule has 0 aliphatic heterocycles. The Bertz CT molecular complexity index is 1030. The highest BCUT2D eigenvalue weighted by Gasteiger charge is 2.22. The molecule has 0 saturated heterocycles. The number of nitrogens with zero attached hydrogens (tertiary/aromatic N) is 1. The Hall–Kier alpha value is -3.68. The van der Waals surface area contributed by atoms with Crippen molar-refractivity contribution in [2.24, 2.45) is 0 Å². The summed E-state index contributed by atoms with van der Waals surface area (Å²) >= 11 is 0. The summed E-state index contributed by atoms with van der Waals surface area (Å²) in [5.41, 5.74) is 0.826. The van der Waals surface area contributed by atoms with Crippen LogP contribution in [0.25, 0.3) is 11.3 Å². The molecule has 0 radical (unpaired) electrons. The SMILES string of the molecule is COC(=O)CCc1cccc(OC(=O)c2conc2-c2cc(OC)ccc2F)c1. The lowest BCUT2D eigenvalue weighted by molar-refractivity contribution is -0.140. The van der Waals surface area contributed by atoms with Gasteiger partial charge in [-0.2, -0.15) is 0 Å². The number of benzene rings is 2. The molecule has 2 aromatic carbocycles. The zero-order valence-corrected chi connectivity index (χ0v) is 15.8. The van der Waals surface area contributed by atoms with Crippen LogP contribution >= 0.6 is 0 Å². The van der Waals surface area contributed by atoms with E-state index in [9.17, 15) is 14.0 Å². The van der Waals surface area contributed by atoms with Crippen LogP contribution in [0.3, 0.4) is 0 Å². The van der Waals surface area contributed by atoms with Crippen LogP contribution in [0.15, 0.2) is 53.3 Å². The van der Waals surface area contributed by atoms with E-state index in [2.05, 4.69) is 9.89 Å². The maximum Gasteiger partial charge on any atom is 0.349 e. The molecule has 0 fully saturated rings. The van der Waals surface area contributed by atoms with Crippen LogP contribution in [-0.2, 0) is 16.0 Å². The average molecular weight is 399 g/mol. The molecule has 1 heterocycles. The average Bonchev–Trinajstić information content (AvgIpc) is 3.22. The highest BCUT2D eigenvalue weighted by atomic mass is 19.1. The minimum atomic E-state index is -0.756. The first-order chi connectivity index (χ1) is 14.0. The number of hydrogen-bond acceptors (Lipinski definition) is 7. The Balaban J connectivity index is 1.80. The standard InChI is InChI=1S/C21H18FNO6/c1-26-14-7-8-18(22)16(11-14)20-17(12-28-23-20)21(25)29-15-5-3-4-13(10-15)6-9-19(24)27-2/h3-5,7-8,10-12H,6,9H2,1-2H3. The summed E-state index contributed by atoms with van der Waals surface area (Å²) in [6.45, 7) is 0. The molecule has 0 aliphatic rings. The molecule has 29 heavy (non-hydrogen) atoms. The number of rotatable bonds is 7. The first-order valence-electron chi connectivity index (χ1n) is 8.68. The summed E-state index contributed by atoms with van der Waals surface area (Å²) in [5, 5.41) is 3.74. The maximum atomic E-state index is 14.2. The lowest BCUT2D eigenvalue weighted by atomic mass is 10.1. The molecule has 7 nitrogen and oxygen atoms in total. The zero-order valence-electron chi connectivity index (χ0n) is 15.8. The van der Waals surface area contributed by atoms with Crippen molar-refractivity contribution in [3.63, 3.8) is 0 Å². The second kappa shape index (κ2) is 9.01.